The van der Waals surface area contributed by atoms with Gasteiger partial charge >= 0.3 is 0 Å². The summed E-state index contributed by atoms with van der Waals surface area (Å²) in [4.78, 5) is 13.5. The SMILES string of the molecule is CCN1CCCC(N2CCC(CN3CCC(CN4CCN(C)CC4)CC3)CC2)C1. The van der Waals surface area contributed by atoms with Gasteiger partial charge in [-0.15, -0.1) is 0 Å². The van der Waals surface area contributed by atoms with Crippen molar-refractivity contribution < 1.29 is 0 Å². The van der Waals surface area contributed by atoms with Crippen LogP contribution in [0.2, 0.25) is 0 Å². The molecule has 5 heteroatoms. The van der Waals surface area contributed by atoms with Gasteiger partial charge in [-0.3, -0.25) is 4.90 Å². The average Bonchev–Trinajstić information content (AvgIpc) is 2.77. The molecular formula is C24H47N5. The molecule has 0 aliphatic carbocycles. The minimum atomic E-state index is 0.843. The number of nitrogens with zero attached hydrogens (tertiary/aromatic N) is 5. The first-order chi connectivity index (χ1) is 14.2. The standard InChI is InChI=1S/C24H47N5/c1-3-26-10-4-5-24(21-26)29-13-8-23(9-14-29)19-27-11-6-22(7-12-27)20-28-17-15-25(2)16-18-28/h22-24H,3-21H2,1-2H3. The molecule has 4 saturated heterocycles. The van der Waals surface area contributed by atoms with Crippen molar-refractivity contribution in [2.75, 3.05) is 92.1 Å². The van der Waals surface area contributed by atoms with Gasteiger partial charge in [0.05, 0.1) is 0 Å². The van der Waals surface area contributed by atoms with Crippen LogP contribution < -0.4 is 0 Å². The molecule has 0 bridgehead atoms. The van der Waals surface area contributed by atoms with E-state index in [1.807, 2.05) is 0 Å². The largest absolute Gasteiger partial charge is 0.304 e. The van der Waals surface area contributed by atoms with Crippen molar-refractivity contribution in [2.24, 2.45) is 11.8 Å². The van der Waals surface area contributed by atoms with E-state index >= 15 is 0 Å². The summed E-state index contributed by atoms with van der Waals surface area (Å²) >= 11 is 0. The Labute approximate surface area is 180 Å². The zero-order chi connectivity index (χ0) is 20.1. The highest BCUT2D eigenvalue weighted by molar-refractivity contribution is 4.85. The van der Waals surface area contributed by atoms with Crippen LogP contribution in [0, 0.1) is 11.8 Å². The molecule has 0 aromatic rings. The Morgan fingerprint density at radius 1 is 0.621 bits per heavy atom. The molecule has 0 amide bonds. The van der Waals surface area contributed by atoms with E-state index in [4.69, 9.17) is 0 Å². The third-order valence-corrected chi connectivity index (χ3v) is 8.43. The van der Waals surface area contributed by atoms with Crippen molar-refractivity contribution in [1.82, 2.24) is 24.5 Å². The molecule has 4 fully saturated rings. The van der Waals surface area contributed by atoms with Crippen molar-refractivity contribution in [2.45, 2.75) is 51.5 Å². The van der Waals surface area contributed by atoms with Crippen LogP contribution >= 0.6 is 0 Å². The van der Waals surface area contributed by atoms with Crippen LogP contribution in [0.1, 0.15) is 45.4 Å². The van der Waals surface area contributed by atoms with Gasteiger partial charge in [-0.05, 0) is 96.7 Å². The average molecular weight is 406 g/mol. The topological polar surface area (TPSA) is 16.2 Å². The number of piperazine rings is 1. The highest BCUT2D eigenvalue weighted by atomic mass is 15.3. The Morgan fingerprint density at radius 3 is 1.83 bits per heavy atom. The quantitative estimate of drug-likeness (QED) is 0.671. The molecule has 4 aliphatic rings. The van der Waals surface area contributed by atoms with Crippen molar-refractivity contribution >= 4 is 0 Å². The second-order valence-corrected chi connectivity index (χ2v) is 10.5. The molecule has 0 aromatic carbocycles. The monoisotopic (exact) mass is 405 g/mol. The highest BCUT2D eigenvalue weighted by Crippen LogP contribution is 2.26. The Hall–Kier alpha value is -0.200. The summed E-state index contributed by atoms with van der Waals surface area (Å²) < 4.78 is 0. The molecule has 4 rings (SSSR count). The second kappa shape index (κ2) is 10.9. The lowest BCUT2D eigenvalue weighted by Crippen LogP contribution is -2.51. The predicted octanol–water partition coefficient (Wildman–Crippen LogP) is 2.14. The number of hydrogen-bond acceptors (Lipinski definition) is 5. The summed E-state index contributed by atoms with van der Waals surface area (Å²) in [5.41, 5.74) is 0. The fourth-order valence-electron chi connectivity index (χ4n) is 6.23. The molecular weight excluding hydrogens is 358 g/mol. The zero-order valence-electron chi connectivity index (χ0n) is 19.4. The molecule has 5 nitrogen and oxygen atoms in total. The summed E-state index contributed by atoms with van der Waals surface area (Å²) in [5, 5.41) is 0. The first kappa shape index (κ1) is 22.0. The number of piperidine rings is 3. The van der Waals surface area contributed by atoms with Gasteiger partial charge in [-0.1, -0.05) is 6.92 Å². The summed E-state index contributed by atoms with van der Waals surface area (Å²) in [7, 11) is 2.26. The van der Waals surface area contributed by atoms with Gasteiger partial charge < -0.3 is 19.6 Å². The molecule has 0 N–H and O–H groups in total. The Kier molecular flexibility index (Phi) is 8.27. The normalized spacial score (nSPS) is 31.4. The van der Waals surface area contributed by atoms with Crippen LogP contribution in [0.15, 0.2) is 0 Å². The van der Waals surface area contributed by atoms with Gasteiger partial charge in [0.2, 0.25) is 0 Å². The zero-order valence-corrected chi connectivity index (χ0v) is 19.4. The van der Waals surface area contributed by atoms with E-state index in [2.05, 4.69) is 38.5 Å². The van der Waals surface area contributed by atoms with Crippen molar-refractivity contribution in [1.29, 1.82) is 0 Å². The number of likely N-dealkylation sites (N-methyl/N-ethyl adjacent to an activating group) is 2. The lowest BCUT2D eigenvalue weighted by atomic mass is 9.91. The van der Waals surface area contributed by atoms with E-state index in [1.54, 1.807) is 0 Å². The van der Waals surface area contributed by atoms with Gasteiger partial charge in [-0.2, -0.15) is 0 Å². The van der Waals surface area contributed by atoms with E-state index in [-0.39, 0.29) is 0 Å². The number of likely N-dealkylation sites (tertiary alicyclic amines) is 3. The fraction of sp³-hybridized carbons (Fsp3) is 1.00. The summed E-state index contributed by atoms with van der Waals surface area (Å²) in [5.74, 6) is 1.90. The third kappa shape index (κ3) is 6.39. The highest BCUT2D eigenvalue weighted by Gasteiger charge is 2.30. The van der Waals surface area contributed by atoms with Crippen LogP contribution in [-0.4, -0.2) is 123 Å². The number of hydrogen-bond donors (Lipinski definition) is 0. The molecule has 0 saturated carbocycles. The van der Waals surface area contributed by atoms with Gasteiger partial charge in [0.1, 0.15) is 0 Å². The summed E-state index contributed by atoms with van der Waals surface area (Å²) in [6, 6.07) is 0.843. The molecule has 1 atom stereocenters. The minimum absolute atomic E-state index is 0.843. The third-order valence-electron chi connectivity index (χ3n) is 8.43. The molecule has 4 aliphatic heterocycles. The minimum Gasteiger partial charge on any atom is -0.304 e. The van der Waals surface area contributed by atoms with E-state index in [0.717, 1.165) is 17.9 Å². The molecule has 0 radical (unpaired) electrons. The Bertz CT molecular complexity index is 462. The summed E-state index contributed by atoms with van der Waals surface area (Å²) in [6.07, 6.45) is 8.57. The first-order valence-electron chi connectivity index (χ1n) is 12.8. The van der Waals surface area contributed by atoms with Crippen LogP contribution in [-0.2, 0) is 0 Å². The van der Waals surface area contributed by atoms with Crippen LogP contribution in [0.4, 0.5) is 0 Å². The lowest BCUT2D eigenvalue weighted by Gasteiger charge is -2.43. The van der Waals surface area contributed by atoms with Crippen molar-refractivity contribution in [3.05, 3.63) is 0 Å². The molecule has 4 heterocycles. The van der Waals surface area contributed by atoms with Gasteiger partial charge in [0, 0.05) is 51.9 Å². The summed E-state index contributed by atoms with van der Waals surface area (Å²) in [6.45, 7) is 19.4. The smallest absolute Gasteiger partial charge is 0.0223 e. The van der Waals surface area contributed by atoms with Gasteiger partial charge in [0.25, 0.3) is 0 Å². The molecule has 29 heavy (non-hydrogen) atoms. The first-order valence-corrected chi connectivity index (χ1v) is 12.8. The Morgan fingerprint density at radius 2 is 1.21 bits per heavy atom. The van der Waals surface area contributed by atoms with Crippen molar-refractivity contribution in [3.63, 3.8) is 0 Å². The van der Waals surface area contributed by atoms with E-state index in [0.29, 0.717) is 0 Å². The number of rotatable bonds is 6. The maximum Gasteiger partial charge on any atom is 0.0223 e. The van der Waals surface area contributed by atoms with Gasteiger partial charge in [0.15, 0.2) is 0 Å². The van der Waals surface area contributed by atoms with Crippen LogP contribution in [0.5, 0.6) is 0 Å². The molecule has 168 valence electrons. The van der Waals surface area contributed by atoms with E-state index < -0.39 is 0 Å². The van der Waals surface area contributed by atoms with E-state index in [9.17, 15) is 0 Å². The van der Waals surface area contributed by atoms with E-state index in [1.165, 1.54) is 124 Å². The van der Waals surface area contributed by atoms with Crippen LogP contribution in [0.25, 0.3) is 0 Å². The molecule has 0 aromatic heterocycles. The Balaban J connectivity index is 1.11. The van der Waals surface area contributed by atoms with Crippen molar-refractivity contribution in [3.8, 4) is 0 Å². The predicted molar refractivity (Wildman–Crippen MR) is 123 cm³/mol. The van der Waals surface area contributed by atoms with Gasteiger partial charge in [-0.25, -0.2) is 0 Å². The fourth-order valence-corrected chi connectivity index (χ4v) is 6.23. The maximum atomic E-state index is 2.83. The molecule has 1 unspecified atom stereocenters. The van der Waals surface area contributed by atoms with Crippen LogP contribution in [0.3, 0.4) is 0 Å². The lowest BCUT2D eigenvalue weighted by molar-refractivity contribution is 0.0556. The molecule has 0 spiro atoms. The maximum absolute atomic E-state index is 2.83. The second-order valence-electron chi connectivity index (χ2n) is 10.5.